The van der Waals surface area contributed by atoms with Gasteiger partial charge < -0.3 is 29.0 Å². The number of esters is 1. The molecule has 0 saturated carbocycles. The predicted molar refractivity (Wildman–Crippen MR) is 220 cm³/mol. The Hall–Kier alpha value is -4.58. The molecule has 3 fully saturated rings. The summed E-state index contributed by atoms with van der Waals surface area (Å²) in [4.78, 5) is 42.8. The summed E-state index contributed by atoms with van der Waals surface area (Å²) in [6, 6.07) is 18.5. The van der Waals surface area contributed by atoms with E-state index in [0.29, 0.717) is 23.1 Å². The average molecular weight is 781 g/mol. The molecular weight excluding hydrogens is 728 g/mol. The van der Waals surface area contributed by atoms with Gasteiger partial charge in [0, 0.05) is 92.8 Å². The number of hydrogen-bond acceptors (Lipinski definition) is 9. The van der Waals surface area contributed by atoms with Crippen LogP contribution in [0.1, 0.15) is 69.3 Å². The van der Waals surface area contributed by atoms with Crippen LogP contribution in [0.3, 0.4) is 0 Å². The number of H-pyrrole nitrogens is 1. The van der Waals surface area contributed by atoms with Crippen molar-refractivity contribution in [3.63, 3.8) is 0 Å². The Morgan fingerprint density at radius 3 is 2.50 bits per heavy atom. The second kappa shape index (κ2) is 15.4. The number of aromatic amines is 1. The van der Waals surface area contributed by atoms with Crippen molar-refractivity contribution in [3.05, 3.63) is 88.7 Å². The first kappa shape index (κ1) is 38.3. The maximum Gasteiger partial charge on any atom is 0.410 e. The van der Waals surface area contributed by atoms with E-state index in [-0.39, 0.29) is 17.6 Å². The minimum atomic E-state index is -0.488. The molecule has 5 heterocycles. The third kappa shape index (κ3) is 8.26. The van der Waals surface area contributed by atoms with Crippen LogP contribution < -0.4 is 9.64 Å². The molecule has 4 aromatic rings. The van der Waals surface area contributed by atoms with Crippen molar-refractivity contribution in [1.29, 1.82) is 0 Å². The average Bonchev–Trinajstić information content (AvgIpc) is 3.91. The lowest BCUT2D eigenvalue weighted by atomic mass is 9.71. The molecule has 0 spiro atoms. The number of allylic oxidation sites excluding steroid dienone is 1. The molecule has 2 aromatic carbocycles. The highest BCUT2D eigenvalue weighted by molar-refractivity contribution is 6.30. The van der Waals surface area contributed by atoms with E-state index in [1.807, 2.05) is 68.3 Å². The van der Waals surface area contributed by atoms with Crippen LogP contribution in [0.2, 0.25) is 5.02 Å². The van der Waals surface area contributed by atoms with E-state index in [1.54, 1.807) is 12.3 Å². The lowest BCUT2D eigenvalue weighted by molar-refractivity contribution is 0.00911. The van der Waals surface area contributed by atoms with Gasteiger partial charge in [-0.3, -0.25) is 9.80 Å². The number of carbonyl (C=O) groups excluding carboxylic acids is 2. The van der Waals surface area contributed by atoms with Crippen LogP contribution in [-0.4, -0.2) is 114 Å². The van der Waals surface area contributed by atoms with Gasteiger partial charge in [0.1, 0.15) is 28.3 Å². The van der Waals surface area contributed by atoms with E-state index in [9.17, 15) is 9.59 Å². The van der Waals surface area contributed by atoms with Crippen molar-refractivity contribution < 1.29 is 23.8 Å². The Balaban J connectivity index is 0.949. The Bertz CT molecular complexity index is 2120. The van der Waals surface area contributed by atoms with Crippen molar-refractivity contribution in [1.82, 2.24) is 24.7 Å². The first-order valence-electron chi connectivity index (χ1n) is 19.8. The molecule has 56 heavy (non-hydrogen) atoms. The van der Waals surface area contributed by atoms with E-state index in [0.717, 1.165) is 99.8 Å². The number of fused-ring (bicyclic) bond motifs is 3. The van der Waals surface area contributed by atoms with E-state index < -0.39 is 11.6 Å². The van der Waals surface area contributed by atoms with E-state index in [4.69, 9.17) is 25.8 Å². The molecule has 4 aliphatic rings. The van der Waals surface area contributed by atoms with Crippen LogP contribution in [0.5, 0.6) is 11.5 Å². The number of anilines is 1. The summed E-state index contributed by atoms with van der Waals surface area (Å²) in [7, 11) is 1.38. The maximum absolute atomic E-state index is 12.9. The summed E-state index contributed by atoms with van der Waals surface area (Å²) >= 11 is 6.34. The number of benzene rings is 2. The smallest absolute Gasteiger partial charge is 0.410 e. The quantitative estimate of drug-likeness (QED) is 0.168. The summed E-state index contributed by atoms with van der Waals surface area (Å²) in [6.45, 7) is 15.4. The van der Waals surface area contributed by atoms with E-state index in [2.05, 4.69) is 43.7 Å². The van der Waals surface area contributed by atoms with Crippen molar-refractivity contribution in [2.75, 3.05) is 64.4 Å². The number of methoxy groups -OCH3 is 1. The van der Waals surface area contributed by atoms with E-state index in [1.165, 1.54) is 23.8 Å². The highest BCUT2D eigenvalue weighted by Gasteiger charge is 2.48. The van der Waals surface area contributed by atoms with Crippen LogP contribution in [0.25, 0.3) is 16.6 Å². The highest BCUT2D eigenvalue weighted by Crippen LogP contribution is 2.46. The molecule has 296 valence electrons. The lowest BCUT2D eigenvalue weighted by Crippen LogP contribution is -2.52. The van der Waals surface area contributed by atoms with Gasteiger partial charge in [-0.1, -0.05) is 36.2 Å². The Morgan fingerprint density at radius 1 is 1.00 bits per heavy atom. The van der Waals surface area contributed by atoms with Gasteiger partial charge in [0.05, 0.1) is 13.3 Å². The summed E-state index contributed by atoms with van der Waals surface area (Å²) in [6.07, 6.45) is 7.52. The number of likely N-dealkylation sites (tertiary alicyclic amines) is 2. The minimum absolute atomic E-state index is 0.132. The number of hydrogen-bond donors (Lipinski definition) is 1. The lowest BCUT2D eigenvalue weighted by Gasteiger charge is -2.44. The van der Waals surface area contributed by atoms with Crippen LogP contribution in [0.15, 0.2) is 72.6 Å². The number of carbonyl (C=O) groups is 2. The number of ether oxygens (including phenoxy) is 3. The SMILES string of the molecule is COC(=O)c1ccc(N2CCN(CC3=C(c4ccc(Cl)cc4)CC[C@@](C)(CN4CC5CC4CN5C(=O)OC(C)(C)C)C3)CC2)cc1Oc1cnc2[nH]ccc2c1. The van der Waals surface area contributed by atoms with Gasteiger partial charge in [-0.25, -0.2) is 14.6 Å². The molecule has 0 radical (unpaired) electrons. The third-order valence-electron chi connectivity index (χ3n) is 11.9. The fraction of sp³-hybridized carbons (Fsp3) is 0.477. The predicted octanol–water partition coefficient (Wildman–Crippen LogP) is 8.25. The zero-order valence-electron chi connectivity index (χ0n) is 33.1. The number of rotatable bonds is 9. The summed E-state index contributed by atoms with van der Waals surface area (Å²) in [5.74, 6) is 0.543. The number of halogens is 1. The normalized spacial score (nSPS) is 23.2. The number of piperazine rings is 2. The minimum Gasteiger partial charge on any atom is -0.465 e. The summed E-state index contributed by atoms with van der Waals surface area (Å²) < 4.78 is 17.1. The number of aromatic nitrogens is 2. The Morgan fingerprint density at radius 2 is 1.79 bits per heavy atom. The van der Waals surface area contributed by atoms with Gasteiger partial charge in [-0.2, -0.15) is 0 Å². The van der Waals surface area contributed by atoms with Crippen LogP contribution in [-0.2, 0) is 9.47 Å². The molecule has 3 atom stereocenters. The first-order valence-corrected chi connectivity index (χ1v) is 20.2. The number of nitrogens with one attached hydrogen (secondary N) is 1. The molecule has 2 unspecified atom stereocenters. The molecule has 3 aliphatic heterocycles. The van der Waals surface area contributed by atoms with Gasteiger partial charge in [0.15, 0.2) is 0 Å². The fourth-order valence-electron chi connectivity index (χ4n) is 9.18. The number of amides is 1. The Labute approximate surface area is 334 Å². The monoisotopic (exact) mass is 780 g/mol. The van der Waals surface area contributed by atoms with Crippen molar-refractivity contribution in [3.8, 4) is 11.5 Å². The molecule has 3 saturated heterocycles. The standard InChI is InChI=1S/C44H53ClN6O5/c1-43(2,3)56-42(53)51-27-34-21-35(51)26-50(34)28-44(4)14-12-37(29-6-8-32(45)9-7-29)31(23-44)25-48-16-18-49(19-17-48)33-10-11-38(41(52)54-5)39(22-33)55-36-20-30-13-15-46-40(30)47-24-36/h6-11,13,15,20,22,24,34-35H,12,14,16-19,21,23,25-28H2,1-5H3,(H,46,47)/t34?,35?,44-/m1/s1. The van der Waals surface area contributed by atoms with Gasteiger partial charge >= 0.3 is 12.1 Å². The molecule has 1 amide bonds. The largest absolute Gasteiger partial charge is 0.465 e. The molecule has 1 N–H and O–H groups in total. The molecular formula is C44H53ClN6O5. The number of pyridine rings is 1. The Kier molecular flexibility index (Phi) is 10.5. The molecule has 2 bridgehead atoms. The molecule has 8 rings (SSSR count). The zero-order chi connectivity index (χ0) is 39.2. The van der Waals surface area contributed by atoms with Crippen molar-refractivity contribution in [2.24, 2.45) is 5.41 Å². The summed E-state index contributed by atoms with van der Waals surface area (Å²) in [5.41, 5.74) is 6.02. The van der Waals surface area contributed by atoms with E-state index >= 15 is 0 Å². The third-order valence-corrected chi connectivity index (χ3v) is 12.2. The molecule has 12 heteroatoms. The summed E-state index contributed by atoms with van der Waals surface area (Å²) in [5, 5.41) is 1.68. The molecule has 11 nitrogen and oxygen atoms in total. The first-order chi connectivity index (χ1) is 26.8. The van der Waals surface area contributed by atoms with Gasteiger partial charge in [0.2, 0.25) is 0 Å². The second-order valence-corrected chi connectivity index (χ2v) is 17.7. The van der Waals surface area contributed by atoms with Crippen molar-refractivity contribution in [2.45, 2.75) is 71.1 Å². The topological polar surface area (TPSA) is 103 Å². The highest BCUT2D eigenvalue weighted by atomic mass is 35.5. The number of nitrogens with zero attached hydrogens (tertiary/aromatic N) is 5. The molecule has 1 aliphatic carbocycles. The van der Waals surface area contributed by atoms with Crippen LogP contribution >= 0.6 is 11.6 Å². The second-order valence-electron chi connectivity index (χ2n) is 17.3. The maximum atomic E-state index is 12.9. The van der Waals surface area contributed by atoms with Crippen LogP contribution in [0.4, 0.5) is 10.5 Å². The van der Waals surface area contributed by atoms with Gasteiger partial charge in [0.25, 0.3) is 0 Å². The van der Waals surface area contributed by atoms with Crippen molar-refractivity contribution >= 4 is 46.0 Å². The molecule has 2 aromatic heterocycles. The van der Waals surface area contributed by atoms with Gasteiger partial charge in [-0.15, -0.1) is 0 Å². The van der Waals surface area contributed by atoms with Gasteiger partial charge in [-0.05, 0) is 99.4 Å². The zero-order valence-corrected chi connectivity index (χ0v) is 33.9. The van der Waals surface area contributed by atoms with Crippen LogP contribution in [0, 0.1) is 5.41 Å². The fourth-order valence-corrected chi connectivity index (χ4v) is 9.31.